The zero-order chi connectivity index (χ0) is 19.7. The Bertz CT molecular complexity index is 877. The first-order valence-corrected chi connectivity index (χ1v) is 9.03. The summed E-state index contributed by atoms with van der Waals surface area (Å²) in [7, 11) is 1.87. The van der Waals surface area contributed by atoms with Crippen molar-refractivity contribution in [3.05, 3.63) is 52.6 Å². The van der Waals surface area contributed by atoms with Crippen LogP contribution in [0.3, 0.4) is 0 Å². The lowest BCUT2D eigenvalue weighted by Crippen LogP contribution is -2.30. The average molecular weight is 373 g/mol. The van der Waals surface area contributed by atoms with Crippen molar-refractivity contribution in [2.24, 2.45) is 13.0 Å². The average Bonchev–Trinajstić information content (AvgIpc) is 3.16. The van der Waals surface area contributed by atoms with E-state index in [2.05, 4.69) is 5.10 Å². The minimum absolute atomic E-state index is 0.0807. The van der Waals surface area contributed by atoms with Crippen LogP contribution in [0, 0.1) is 25.6 Å². The molecule has 144 valence electrons. The molecule has 7 heteroatoms. The predicted octanol–water partition coefficient (Wildman–Crippen LogP) is 2.44. The first-order chi connectivity index (χ1) is 12.8. The second-order valence-electron chi connectivity index (χ2n) is 7.18. The van der Waals surface area contributed by atoms with Crippen LogP contribution in [0.2, 0.25) is 0 Å². The number of carboxylic acids is 1. The molecule has 1 saturated heterocycles. The molecule has 0 spiro atoms. The highest BCUT2D eigenvalue weighted by atomic mass is 19.1. The van der Waals surface area contributed by atoms with Crippen LogP contribution in [0.4, 0.5) is 4.39 Å². The van der Waals surface area contributed by atoms with Crippen LogP contribution >= 0.6 is 0 Å². The van der Waals surface area contributed by atoms with Crippen molar-refractivity contribution in [1.29, 1.82) is 0 Å². The van der Waals surface area contributed by atoms with Crippen molar-refractivity contribution >= 4 is 11.9 Å². The minimum Gasteiger partial charge on any atom is -0.481 e. The zero-order valence-corrected chi connectivity index (χ0v) is 15.8. The van der Waals surface area contributed by atoms with Crippen LogP contribution < -0.4 is 0 Å². The number of likely N-dealkylation sites (tertiary alicyclic amines) is 1. The van der Waals surface area contributed by atoms with Crippen molar-refractivity contribution in [2.45, 2.75) is 32.6 Å². The molecule has 0 saturated carbocycles. The largest absolute Gasteiger partial charge is 0.481 e. The molecule has 1 N–H and O–H groups in total. The van der Waals surface area contributed by atoms with Gasteiger partial charge in [0.05, 0.1) is 11.6 Å². The minimum atomic E-state index is -0.960. The van der Waals surface area contributed by atoms with Gasteiger partial charge in [0, 0.05) is 38.2 Å². The first kappa shape index (κ1) is 19.1. The van der Waals surface area contributed by atoms with Crippen LogP contribution in [0.5, 0.6) is 0 Å². The molecule has 0 unspecified atom stereocenters. The molecule has 1 aromatic carbocycles. The van der Waals surface area contributed by atoms with Gasteiger partial charge in [-0.1, -0.05) is 12.1 Å². The Morgan fingerprint density at radius 3 is 2.63 bits per heavy atom. The number of amides is 1. The maximum atomic E-state index is 13.6. The molecular weight excluding hydrogens is 349 g/mol. The lowest BCUT2D eigenvalue weighted by molar-refractivity contribution is -0.141. The van der Waals surface area contributed by atoms with Gasteiger partial charge < -0.3 is 10.0 Å². The third kappa shape index (κ3) is 3.86. The maximum Gasteiger partial charge on any atom is 0.308 e. The highest BCUT2D eigenvalue weighted by Crippen LogP contribution is 2.33. The number of aryl methyl sites for hydroxylation is 2. The van der Waals surface area contributed by atoms with E-state index in [9.17, 15) is 19.1 Å². The highest BCUT2D eigenvalue weighted by molar-refractivity contribution is 5.80. The summed E-state index contributed by atoms with van der Waals surface area (Å²) in [4.78, 5) is 26.0. The van der Waals surface area contributed by atoms with Crippen LogP contribution in [0.15, 0.2) is 24.3 Å². The van der Waals surface area contributed by atoms with E-state index in [0.717, 1.165) is 17.0 Å². The highest BCUT2D eigenvalue weighted by Gasteiger charge is 2.40. The van der Waals surface area contributed by atoms with Gasteiger partial charge in [0.25, 0.3) is 0 Å². The second-order valence-corrected chi connectivity index (χ2v) is 7.18. The maximum absolute atomic E-state index is 13.6. The van der Waals surface area contributed by atoms with Crippen molar-refractivity contribution in [1.82, 2.24) is 14.7 Å². The first-order valence-electron chi connectivity index (χ1n) is 9.03. The van der Waals surface area contributed by atoms with Crippen LogP contribution in [0.1, 0.15) is 34.9 Å². The molecule has 1 aliphatic heterocycles. The third-order valence-corrected chi connectivity index (χ3v) is 5.51. The van der Waals surface area contributed by atoms with E-state index >= 15 is 0 Å². The van der Waals surface area contributed by atoms with Gasteiger partial charge in [0.2, 0.25) is 5.91 Å². The van der Waals surface area contributed by atoms with E-state index in [1.807, 2.05) is 20.9 Å². The number of aromatic nitrogens is 2. The van der Waals surface area contributed by atoms with Gasteiger partial charge >= 0.3 is 5.97 Å². The number of carbonyl (C=O) groups excluding carboxylic acids is 1. The Labute approximate surface area is 157 Å². The topological polar surface area (TPSA) is 75.4 Å². The zero-order valence-electron chi connectivity index (χ0n) is 15.8. The Balaban J connectivity index is 1.71. The number of hydrogen-bond acceptors (Lipinski definition) is 3. The molecule has 6 nitrogen and oxygen atoms in total. The lowest BCUT2D eigenvalue weighted by Gasteiger charge is -2.17. The molecule has 1 fully saturated rings. The van der Waals surface area contributed by atoms with Gasteiger partial charge in [-0.3, -0.25) is 14.3 Å². The van der Waals surface area contributed by atoms with Crippen molar-refractivity contribution in [3.63, 3.8) is 0 Å². The molecule has 0 aliphatic carbocycles. The van der Waals surface area contributed by atoms with Crippen LogP contribution in [-0.2, 0) is 23.1 Å². The van der Waals surface area contributed by atoms with E-state index in [-0.39, 0.29) is 12.5 Å². The van der Waals surface area contributed by atoms with Crippen molar-refractivity contribution in [3.8, 4) is 0 Å². The molecule has 1 aromatic heterocycles. The van der Waals surface area contributed by atoms with Gasteiger partial charge in [-0.2, -0.15) is 5.10 Å². The van der Waals surface area contributed by atoms with Crippen LogP contribution in [-0.4, -0.2) is 44.8 Å². The van der Waals surface area contributed by atoms with Gasteiger partial charge in [0.15, 0.2) is 0 Å². The number of carbonyl (C=O) groups is 2. The summed E-state index contributed by atoms with van der Waals surface area (Å²) in [6.45, 7) is 4.34. The fraction of sp³-hybridized carbons (Fsp3) is 0.450. The molecule has 1 amide bonds. The van der Waals surface area contributed by atoms with Crippen LogP contribution in [0.25, 0.3) is 0 Å². The van der Waals surface area contributed by atoms with E-state index in [0.29, 0.717) is 24.9 Å². The monoisotopic (exact) mass is 373 g/mol. The third-order valence-electron chi connectivity index (χ3n) is 5.51. The molecule has 2 heterocycles. The fourth-order valence-corrected chi connectivity index (χ4v) is 3.90. The number of nitrogens with zero attached hydrogens (tertiary/aromatic N) is 3. The summed E-state index contributed by atoms with van der Waals surface area (Å²) in [5.74, 6) is -2.56. The smallest absolute Gasteiger partial charge is 0.308 e. The predicted molar refractivity (Wildman–Crippen MR) is 97.8 cm³/mol. The Kier molecular flexibility index (Phi) is 5.30. The summed E-state index contributed by atoms with van der Waals surface area (Å²) >= 11 is 0. The Morgan fingerprint density at radius 2 is 2.04 bits per heavy atom. The van der Waals surface area contributed by atoms with Gasteiger partial charge in [-0.25, -0.2) is 4.39 Å². The number of halogens is 1. The number of benzene rings is 1. The fourth-order valence-electron chi connectivity index (χ4n) is 3.90. The van der Waals surface area contributed by atoms with Crippen molar-refractivity contribution in [2.75, 3.05) is 13.1 Å². The van der Waals surface area contributed by atoms with E-state index in [1.54, 1.807) is 21.7 Å². The molecule has 1 aliphatic rings. The number of rotatable bonds is 5. The number of hydrogen-bond donors (Lipinski definition) is 1. The molecule has 27 heavy (non-hydrogen) atoms. The SMILES string of the molecule is Cc1nn(C)c(C)c1CCC(=O)N1C[C@@H](C(=O)O)[C@H](c2cccc(F)c2)C1. The van der Waals surface area contributed by atoms with Gasteiger partial charge in [-0.15, -0.1) is 0 Å². The molecule has 3 rings (SSSR count). The van der Waals surface area contributed by atoms with E-state index in [4.69, 9.17) is 0 Å². The Hall–Kier alpha value is -2.70. The number of aliphatic carboxylic acids is 1. The van der Waals surface area contributed by atoms with E-state index < -0.39 is 23.6 Å². The normalized spacial score (nSPS) is 19.5. The van der Waals surface area contributed by atoms with Crippen molar-refractivity contribution < 1.29 is 19.1 Å². The molecule has 2 atom stereocenters. The summed E-state index contributed by atoms with van der Waals surface area (Å²) in [6.07, 6.45) is 0.874. The van der Waals surface area contributed by atoms with E-state index in [1.165, 1.54) is 12.1 Å². The molecule has 2 aromatic rings. The van der Waals surface area contributed by atoms with Gasteiger partial charge in [0.1, 0.15) is 5.82 Å². The number of carboxylic acid groups (broad SMARTS) is 1. The summed E-state index contributed by atoms with van der Waals surface area (Å²) in [6, 6.07) is 5.98. The molecule has 0 radical (unpaired) electrons. The molecular formula is C20H24FN3O3. The lowest BCUT2D eigenvalue weighted by atomic mass is 9.89. The van der Waals surface area contributed by atoms with Gasteiger partial charge in [-0.05, 0) is 43.5 Å². The quantitative estimate of drug-likeness (QED) is 0.873. The summed E-state index contributed by atoms with van der Waals surface area (Å²) < 4.78 is 15.4. The standard InChI is InChI=1S/C20H24FN3O3/c1-12-16(13(2)23(3)22-12)7-8-19(25)24-10-17(18(11-24)20(26)27)14-5-4-6-15(21)9-14/h4-6,9,17-18H,7-8,10-11H2,1-3H3,(H,26,27)/t17-,18+/m0/s1. The second kappa shape index (κ2) is 7.50. The molecule has 0 bridgehead atoms. The summed E-state index contributed by atoms with van der Waals surface area (Å²) in [5.41, 5.74) is 3.62. The Morgan fingerprint density at radius 1 is 1.30 bits per heavy atom. The summed E-state index contributed by atoms with van der Waals surface area (Å²) in [5, 5.41) is 13.9.